The van der Waals surface area contributed by atoms with Gasteiger partial charge < -0.3 is 33.5 Å². The Labute approximate surface area is 251 Å². The fraction of sp³-hybridized carbons (Fsp3) is 0.286. The third-order valence-electron chi connectivity index (χ3n) is 7.14. The van der Waals surface area contributed by atoms with Crippen molar-refractivity contribution in [2.24, 2.45) is 0 Å². The summed E-state index contributed by atoms with van der Waals surface area (Å²) in [5, 5.41) is 11.2. The number of ether oxygens (including phenoxy) is 6. The lowest BCUT2D eigenvalue weighted by molar-refractivity contribution is -0.306. The van der Waals surface area contributed by atoms with Crippen LogP contribution >= 0.6 is 0 Å². The standard InChI is InChI=1S/C35H36O8/c1-38-29-19-17-28(18-20-29)34(36)43-33-32(41-23-27-15-9-4-10-16-27)31(40-22-26-13-7-3-8-14-26)30(42-35(33)37)24-39-21-25-11-5-2-6-12-25/h2-20,30-33,35,37H,21-24H2,1H3/t30-,31+,32+,33-,35+/m1/s1. The molecule has 1 aliphatic heterocycles. The molecule has 5 rings (SSSR count). The summed E-state index contributed by atoms with van der Waals surface area (Å²) in [6.45, 7) is 0.936. The molecule has 0 bridgehead atoms. The molecule has 0 spiro atoms. The minimum Gasteiger partial charge on any atom is -0.497 e. The van der Waals surface area contributed by atoms with Crippen LogP contribution in [0.3, 0.4) is 0 Å². The Morgan fingerprint density at radius 1 is 0.674 bits per heavy atom. The van der Waals surface area contributed by atoms with Gasteiger partial charge in [0.15, 0.2) is 12.4 Å². The van der Waals surface area contributed by atoms with Gasteiger partial charge in [0, 0.05) is 0 Å². The molecule has 0 unspecified atom stereocenters. The highest BCUT2D eigenvalue weighted by atomic mass is 16.7. The van der Waals surface area contributed by atoms with Crippen molar-refractivity contribution >= 4 is 5.97 Å². The maximum atomic E-state index is 13.2. The van der Waals surface area contributed by atoms with Crippen LogP contribution in [0.4, 0.5) is 0 Å². The number of esters is 1. The monoisotopic (exact) mass is 584 g/mol. The summed E-state index contributed by atoms with van der Waals surface area (Å²) in [6.07, 6.45) is -4.98. The van der Waals surface area contributed by atoms with Gasteiger partial charge in [0.25, 0.3) is 0 Å². The van der Waals surface area contributed by atoms with Crippen molar-refractivity contribution in [1.29, 1.82) is 0 Å². The smallest absolute Gasteiger partial charge is 0.338 e. The second-order valence-electron chi connectivity index (χ2n) is 10.2. The van der Waals surface area contributed by atoms with Crippen molar-refractivity contribution in [2.45, 2.75) is 50.5 Å². The van der Waals surface area contributed by atoms with E-state index in [-0.39, 0.29) is 19.8 Å². The lowest BCUT2D eigenvalue weighted by Gasteiger charge is -2.44. The molecule has 0 saturated carbocycles. The van der Waals surface area contributed by atoms with E-state index in [0.717, 1.165) is 16.7 Å². The molecule has 43 heavy (non-hydrogen) atoms. The molecule has 4 aromatic rings. The van der Waals surface area contributed by atoms with Gasteiger partial charge in [0.2, 0.25) is 0 Å². The number of methoxy groups -OCH3 is 1. The average Bonchev–Trinajstić information content (AvgIpc) is 3.06. The molecule has 1 fully saturated rings. The topological polar surface area (TPSA) is 92.7 Å². The van der Waals surface area contributed by atoms with Crippen LogP contribution < -0.4 is 4.74 Å². The van der Waals surface area contributed by atoms with Crippen LogP contribution in [0, 0.1) is 0 Å². The van der Waals surface area contributed by atoms with Gasteiger partial charge in [0.05, 0.1) is 39.1 Å². The van der Waals surface area contributed by atoms with Crippen molar-refractivity contribution in [3.05, 3.63) is 138 Å². The van der Waals surface area contributed by atoms with Gasteiger partial charge in [-0.1, -0.05) is 91.0 Å². The van der Waals surface area contributed by atoms with E-state index < -0.39 is 36.7 Å². The molecule has 1 N–H and O–H groups in total. The van der Waals surface area contributed by atoms with Gasteiger partial charge in [-0.25, -0.2) is 4.79 Å². The quantitative estimate of drug-likeness (QED) is 0.211. The number of rotatable bonds is 13. The third-order valence-corrected chi connectivity index (χ3v) is 7.14. The first kappa shape index (κ1) is 30.4. The van der Waals surface area contributed by atoms with Crippen molar-refractivity contribution in [1.82, 2.24) is 0 Å². The zero-order valence-electron chi connectivity index (χ0n) is 24.0. The summed E-state index contributed by atoms with van der Waals surface area (Å²) in [5.74, 6) is -0.0291. The van der Waals surface area contributed by atoms with E-state index >= 15 is 0 Å². The number of hydrogen-bond donors (Lipinski definition) is 1. The summed E-state index contributed by atoms with van der Waals surface area (Å²) < 4.78 is 35.9. The van der Waals surface area contributed by atoms with E-state index in [4.69, 9.17) is 28.4 Å². The Balaban J connectivity index is 1.39. The average molecular weight is 585 g/mol. The maximum absolute atomic E-state index is 13.2. The third kappa shape index (κ3) is 8.50. The highest BCUT2D eigenvalue weighted by Gasteiger charge is 2.49. The highest BCUT2D eigenvalue weighted by Crippen LogP contribution is 2.30. The molecule has 0 amide bonds. The molecule has 1 aliphatic rings. The first-order valence-corrected chi connectivity index (χ1v) is 14.2. The summed E-state index contributed by atoms with van der Waals surface area (Å²) >= 11 is 0. The van der Waals surface area contributed by atoms with E-state index in [1.165, 1.54) is 0 Å². The van der Waals surface area contributed by atoms with Crippen molar-refractivity contribution in [2.75, 3.05) is 13.7 Å². The van der Waals surface area contributed by atoms with Gasteiger partial charge in [-0.2, -0.15) is 0 Å². The van der Waals surface area contributed by atoms with Crippen LogP contribution in [-0.2, 0) is 43.5 Å². The Morgan fingerprint density at radius 3 is 1.72 bits per heavy atom. The van der Waals surface area contributed by atoms with Crippen LogP contribution in [0.2, 0.25) is 0 Å². The van der Waals surface area contributed by atoms with Crippen LogP contribution in [0.1, 0.15) is 27.0 Å². The van der Waals surface area contributed by atoms with E-state index in [1.807, 2.05) is 91.0 Å². The highest BCUT2D eigenvalue weighted by molar-refractivity contribution is 5.89. The van der Waals surface area contributed by atoms with Gasteiger partial charge in [-0.15, -0.1) is 0 Å². The first-order valence-electron chi connectivity index (χ1n) is 14.2. The molecule has 0 aliphatic carbocycles. The Morgan fingerprint density at radius 2 is 1.19 bits per heavy atom. The SMILES string of the molecule is COc1ccc(C(=O)O[C@@H]2[C@@H](OCc3ccccc3)[C@@H](OCc3ccccc3)[C@@H](COCc3ccccc3)O[C@@H]2O)cc1. The molecule has 0 aromatic heterocycles. The van der Waals surface area contributed by atoms with Gasteiger partial charge in [0.1, 0.15) is 24.1 Å². The predicted octanol–water partition coefficient (Wildman–Crippen LogP) is 5.33. The summed E-state index contributed by atoms with van der Waals surface area (Å²) in [7, 11) is 1.55. The zero-order chi connectivity index (χ0) is 29.9. The van der Waals surface area contributed by atoms with E-state index in [1.54, 1.807) is 31.4 Å². The lowest BCUT2D eigenvalue weighted by atomic mass is 9.98. The predicted molar refractivity (Wildman–Crippen MR) is 159 cm³/mol. The van der Waals surface area contributed by atoms with Crippen LogP contribution in [0.25, 0.3) is 0 Å². The number of benzene rings is 4. The molecule has 224 valence electrons. The van der Waals surface area contributed by atoms with E-state index in [0.29, 0.717) is 17.9 Å². The normalized spacial score (nSPS) is 21.7. The molecular formula is C35H36O8. The number of aliphatic hydroxyl groups excluding tert-OH is 1. The number of carbonyl (C=O) groups excluding carboxylic acids is 1. The largest absolute Gasteiger partial charge is 0.497 e. The van der Waals surface area contributed by atoms with Crippen LogP contribution in [-0.4, -0.2) is 55.5 Å². The van der Waals surface area contributed by atoms with E-state index in [9.17, 15) is 9.90 Å². The molecular weight excluding hydrogens is 548 g/mol. The Kier molecular flexibility index (Phi) is 10.9. The summed E-state index contributed by atoms with van der Waals surface area (Å²) in [5.41, 5.74) is 3.17. The summed E-state index contributed by atoms with van der Waals surface area (Å²) in [4.78, 5) is 13.2. The second-order valence-corrected chi connectivity index (χ2v) is 10.2. The minimum absolute atomic E-state index is 0.121. The Bertz CT molecular complexity index is 1380. The van der Waals surface area contributed by atoms with Crippen LogP contribution in [0.15, 0.2) is 115 Å². The number of carbonyl (C=O) groups is 1. The van der Waals surface area contributed by atoms with Crippen LogP contribution in [0.5, 0.6) is 5.75 Å². The van der Waals surface area contributed by atoms with Gasteiger partial charge in [-0.05, 0) is 41.0 Å². The van der Waals surface area contributed by atoms with E-state index in [2.05, 4.69) is 0 Å². The molecule has 0 radical (unpaired) electrons. The van der Waals surface area contributed by atoms with Crippen molar-refractivity contribution < 1.29 is 38.3 Å². The molecule has 8 heteroatoms. The molecule has 1 heterocycles. The fourth-order valence-electron chi connectivity index (χ4n) is 4.87. The molecule has 5 atom stereocenters. The summed E-state index contributed by atoms with van der Waals surface area (Å²) in [6, 6.07) is 35.7. The maximum Gasteiger partial charge on any atom is 0.338 e. The lowest BCUT2D eigenvalue weighted by Crippen LogP contribution is -2.61. The second kappa shape index (κ2) is 15.4. The number of aliphatic hydroxyl groups is 1. The fourth-order valence-corrected chi connectivity index (χ4v) is 4.87. The first-order chi connectivity index (χ1) is 21.1. The number of hydrogen-bond acceptors (Lipinski definition) is 8. The van der Waals surface area contributed by atoms with Crippen molar-refractivity contribution in [3.8, 4) is 5.75 Å². The molecule has 4 aromatic carbocycles. The van der Waals surface area contributed by atoms with Crippen molar-refractivity contribution in [3.63, 3.8) is 0 Å². The van der Waals surface area contributed by atoms with Gasteiger partial charge >= 0.3 is 5.97 Å². The minimum atomic E-state index is -1.48. The van der Waals surface area contributed by atoms with Gasteiger partial charge in [-0.3, -0.25) is 0 Å². The Hall–Kier alpha value is -4.05. The zero-order valence-corrected chi connectivity index (χ0v) is 24.0. The molecule has 8 nitrogen and oxygen atoms in total. The molecule has 1 saturated heterocycles.